The molecule has 0 amide bonds. The second-order valence-corrected chi connectivity index (χ2v) is 3.70. The number of furan rings is 1. The number of nitriles is 1. The predicted molar refractivity (Wildman–Crippen MR) is 62.3 cm³/mol. The Morgan fingerprint density at radius 2 is 2.18 bits per heavy atom. The molecule has 0 aliphatic rings. The van der Waals surface area contributed by atoms with Crippen molar-refractivity contribution in [2.45, 2.75) is 13.5 Å². The van der Waals surface area contributed by atoms with Crippen molar-refractivity contribution in [3.8, 4) is 6.07 Å². The van der Waals surface area contributed by atoms with Crippen LogP contribution in [0.5, 0.6) is 0 Å². The molecule has 0 saturated heterocycles. The molecule has 2 heterocycles. The molecule has 2 aromatic rings. The Bertz CT molecular complexity index is 556. The Kier molecular flexibility index (Phi) is 3.06. The quantitative estimate of drug-likeness (QED) is 0.802. The van der Waals surface area contributed by atoms with Crippen LogP contribution in [0, 0.1) is 18.3 Å². The first-order valence-corrected chi connectivity index (χ1v) is 5.17. The van der Waals surface area contributed by atoms with Gasteiger partial charge in [0.2, 0.25) is 0 Å². The van der Waals surface area contributed by atoms with Crippen molar-refractivity contribution in [1.82, 2.24) is 9.97 Å². The lowest BCUT2D eigenvalue weighted by Crippen LogP contribution is -2.19. The van der Waals surface area contributed by atoms with Gasteiger partial charge in [0, 0.05) is 31.5 Å². The first-order chi connectivity index (χ1) is 8.22. The average Bonchev–Trinajstić information content (AvgIpc) is 2.75. The standard InChI is InChI=1S/C12H12N4O/c1-9-10(3-6-17-9)8-16(2)12-11(7-13)14-4-5-15-12/h3-6H,8H2,1-2H3. The second-order valence-electron chi connectivity index (χ2n) is 3.70. The Morgan fingerprint density at radius 3 is 2.82 bits per heavy atom. The molecular formula is C12H12N4O. The maximum Gasteiger partial charge on any atom is 0.183 e. The van der Waals surface area contributed by atoms with Gasteiger partial charge in [0.15, 0.2) is 11.5 Å². The fraction of sp³-hybridized carbons (Fsp3) is 0.250. The van der Waals surface area contributed by atoms with Gasteiger partial charge in [-0.25, -0.2) is 9.97 Å². The minimum Gasteiger partial charge on any atom is -0.469 e. The van der Waals surface area contributed by atoms with Gasteiger partial charge in [0.1, 0.15) is 11.8 Å². The zero-order chi connectivity index (χ0) is 12.3. The predicted octanol–water partition coefficient (Wildman–Crippen LogP) is 1.89. The molecule has 0 saturated carbocycles. The van der Waals surface area contributed by atoms with E-state index < -0.39 is 0 Å². The van der Waals surface area contributed by atoms with E-state index in [1.807, 2.05) is 31.0 Å². The van der Waals surface area contributed by atoms with Gasteiger partial charge >= 0.3 is 0 Å². The summed E-state index contributed by atoms with van der Waals surface area (Å²) in [7, 11) is 1.87. The third kappa shape index (κ3) is 2.26. The highest BCUT2D eigenvalue weighted by Gasteiger charge is 2.11. The average molecular weight is 228 g/mol. The van der Waals surface area contributed by atoms with Crippen LogP contribution in [0.2, 0.25) is 0 Å². The van der Waals surface area contributed by atoms with E-state index in [1.54, 1.807) is 12.5 Å². The summed E-state index contributed by atoms with van der Waals surface area (Å²) < 4.78 is 5.23. The van der Waals surface area contributed by atoms with Crippen molar-refractivity contribution in [3.63, 3.8) is 0 Å². The molecule has 5 nitrogen and oxygen atoms in total. The topological polar surface area (TPSA) is 66.0 Å². The summed E-state index contributed by atoms with van der Waals surface area (Å²) in [6.45, 7) is 2.54. The molecule has 0 fully saturated rings. The molecule has 0 bridgehead atoms. The lowest BCUT2D eigenvalue weighted by atomic mass is 10.2. The zero-order valence-electron chi connectivity index (χ0n) is 9.71. The van der Waals surface area contributed by atoms with E-state index in [0.29, 0.717) is 18.1 Å². The van der Waals surface area contributed by atoms with Crippen molar-refractivity contribution in [2.24, 2.45) is 0 Å². The van der Waals surface area contributed by atoms with Gasteiger partial charge in [-0.2, -0.15) is 5.26 Å². The molecular weight excluding hydrogens is 216 g/mol. The fourth-order valence-electron chi connectivity index (χ4n) is 1.59. The van der Waals surface area contributed by atoms with Gasteiger partial charge in [-0.3, -0.25) is 0 Å². The van der Waals surface area contributed by atoms with Crippen LogP contribution >= 0.6 is 0 Å². The summed E-state index contributed by atoms with van der Waals surface area (Å²) in [5.41, 5.74) is 1.40. The van der Waals surface area contributed by atoms with E-state index in [0.717, 1.165) is 11.3 Å². The molecule has 0 unspecified atom stereocenters. The normalized spacial score (nSPS) is 9.94. The van der Waals surface area contributed by atoms with Gasteiger partial charge in [-0.1, -0.05) is 0 Å². The highest BCUT2D eigenvalue weighted by molar-refractivity contribution is 5.49. The number of nitrogens with zero attached hydrogens (tertiary/aromatic N) is 4. The summed E-state index contributed by atoms with van der Waals surface area (Å²) in [4.78, 5) is 10.0. The van der Waals surface area contributed by atoms with E-state index in [-0.39, 0.29) is 0 Å². The van der Waals surface area contributed by atoms with Gasteiger partial charge in [-0.15, -0.1) is 0 Å². The molecule has 0 atom stereocenters. The molecule has 2 aromatic heterocycles. The second kappa shape index (κ2) is 4.66. The fourth-order valence-corrected chi connectivity index (χ4v) is 1.59. The molecule has 0 spiro atoms. The molecule has 0 aliphatic carbocycles. The van der Waals surface area contributed by atoms with E-state index >= 15 is 0 Å². The van der Waals surface area contributed by atoms with Crippen LogP contribution in [-0.2, 0) is 6.54 Å². The van der Waals surface area contributed by atoms with Crippen molar-refractivity contribution >= 4 is 5.82 Å². The Morgan fingerprint density at radius 1 is 1.41 bits per heavy atom. The van der Waals surface area contributed by atoms with E-state index in [9.17, 15) is 0 Å². The number of hydrogen-bond donors (Lipinski definition) is 0. The van der Waals surface area contributed by atoms with Crippen molar-refractivity contribution < 1.29 is 4.42 Å². The van der Waals surface area contributed by atoms with Crippen LogP contribution in [0.25, 0.3) is 0 Å². The number of aryl methyl sites for hydroxylation is 1. The Labute approximate surface area is 99.3 Å². The van der Waals surface area contributed by atoms with E-state index in [1.165, 1.54) is 6.20 Å². The number of anilines is 1. The Hall–Kier alpha value is -2.35. The third-order valence-corrected chi connectivity index (χ3v) is 2.52. The highest BCUT2D eigenvalue weighted by Crippen LogP contribution is 2.17. The minimum absolute atomic E-state index is 0.330. The molecule has 0 N–H and O–H groups in total. The van der Waals surface area contributed by atoms with Crippen LogP contribution < -0.4 is 4.90 Å². The number of hydrogen-bond acceptors (Lipinski definition) is 5. The monoisotopic (exact) mass is 228 g/mol. The van der Waals surface area contributed by atoms with Crippen LogP contribution in [-0.4, -0.2) is 17.0 Å². The van der Waals surface area contributed by atoms with Gasteiger partial charge in [-0.05, 0) is 13.0 Å². The van der Waals surface area contributed by atoms with Gasteiger partial charge in [0.25, 0.3) is 0 Å². The molecule has 2 rings (SSSR count). The summed E-state index contributed by atoms with van der Waals surface area (Å²) in [5.74, 6) is 1.45. The van der Waals surface area contributed by atoms with E-state index in [2.05, 4.69) is 9.97 Å². The molecule has 86 valence electrons. The van der Waals surface area contributed by atoms with E-state index in [4.69, 9.17) is 9.68 Å². The molecule has 0 aliphatic heterocycles. The lowest BCUT2D eigenvalue weighted by molar-refractivity contribution is 0.529. The summed E-state index contributed by atoms with van der Waals surface area (Å²) >= 11 is 0. The summed E-state index contributed by atoms with van der Waals surface area (Å²) in [6, 6.07) is 3.94. The summed E-state index contributed by atoms with van der Waals surface area (Å²) in [5, 5.41) is 8.95. The first-order valence-electron chi connectivity index (χ1n) is 5.17. The molecule has 5 heteroatoms. The largest absolute Gasteiger partial charge is 0.469 e. The van der Waals surface area contributed by atoms with Crippen molar-refractivity contribution in [3.05, 3.63) is 41.7 Å². The maximum atomic E-state index is 8.95. The van der Waals surface area contributed by atoms with Crippen LogP contribution in [0.4, 0.5) is 5.82 Å². The number of aromatic nitrogens is 2. The van der Waals surface area contributed by atoms with Crippen LogP contribution in [0.3, 0.4) is 0 Å². The van der Waals surface area contributed by atoms with Crippen LogP contribution in [0.1, 0.15) is 17.0 Å². The molecule has 0 radical (unpaired) electrons. The highest BCUT2D eigenvalue weighted by atomic mass is 16.3. The smallest absolute Gasteiger partial charge is 0.183 e. The molecule has 17 heavy (non-hydrogen) atoms. The third-order valence-electron chi connectivity index (χ3n) is 2.52. The number of rotatable bonds is 3. The Balaban J connectivity index is 2.24. The van der Waals surface area contributed by atoms with Crippen molar-refractivity contribution in [1.29, 1.82) is 5.26 Å². The zero-order valence-corrected chi connectivity index (χ0v) is 9.71. The van der Waals surface area contributed by atoms with Gasteiger partial charge < -0.3 is 9.32 Å². The van der Waals surface area contributed by atoms with Crippen molar-refractivity contribution in [2.75, 3.05) is 11.9 Å². The van der Waals surface area contributed by atoms with Crippen LogP contribution in [0.15, 0.2) is 29.1 Å². The lowest BCUT2D eigenvalue weighted by Gasteiger charge is -2.17. The minimum atomic E-state index is 0.330. The summed E-state index contributed by atoms with van der Waals surface area (Å²) in [6.07, 6.45) is 4.74. The molecule has 0 aromatic carbocycles. The maximum absolute atomic E-state index is 8.95. The van der Waals surface area contributed by atoms with Gasteiger partial charge in [0.05, 0.1) is 6.26 Å². The first kappa shape index (κ1) is 11.1. The SMILES string of the molecule is Cc1occc1CN(C)c1nccnc1C#N.